The molecule has 2 N–H and O–H groups in total. The first-order chi connectivity index (χ1) is 46.1. The predicted molar refractivity (Wildman–Crippen MR) is 339 cm³/mol. The third-order valence-corrected chi connectivity index (χ3v) is 15.8. The number of halogens is 10. The number of hydrogen-bond donors (Lipinski definition) is 2. The summed E-state index contributed by atoms with van der Waals surface area (Å²) < 4.78 is 157. The highest BCUT2D eigenvalue weighted by molar-refractivity contribution is 5.86. The van der Waals surface area contributed by atoms with Gasteiger partial charge in [-0.3, -0.25) is 28.1 Å². The van der Waals surface area contributed by atoms with Crippen molar-refractivity contribution >= 4 is 63.5 Å². The quantitative estimate of drug-likeness (QED) is 0.0758. The van der Waals surface area contributed by atoms with Crippen molar-refractivity contribution in [1.82, 2.24) is 28.8 Å². The minimum atomic E-state index is -4.77. The van der Waals surface area contributed by atoms with E-state index in [-0.39, 0.29) is 77.5 Å². The number of fused-ring (bicyclic) bond motifs is 3. The fourth-order valence-corrected chi connectivity index (χ4v) is 11.3. The number of aliphatic carboxylic acids is 1. The molecule has 2 amide bonds. The first-order valence-electron chi connectivity index (χ1n) is 30.1. The van der Waals surface area contributed by atoms with Crippen molar-refractivity contribution in [1.29, 1.82) is 0 Å². The molecule has 98 heavy (non-hydrogen) atoms. The Labute approximate surface area is 556 Å². The van der Waals surface area contributed by atoms with E-state index in [0.29, 0.717) is 95.0 Å². The van der Waals surface area contributed by atoms with Crippen LogP contribution < -0.4 is 36.8 Å². The van der Waals surface area contributed by atoms with Crippen molar-refractivity contribution in [3.8, 4) is 50.6 Å². The van der Waals surface area contributed by atoms with Crippen molar-refractivity contribution in [2.45, 2.75) is 58.0 Å². The van der Waals surface area contributed by atoms with Crippen molar-refractivity contribution in [3.63, 3.8) is 0 Å². The molecule has 0 radical (unpaired) electrons. The molecule has 32 heteroatoms. The maximum Gasteiger partial charge on any atom is 0.573 e. The molecule has 3 fully saturated rings. The van der Waals surface area contributed by atoms with Crippen LogP contribution in [0.4, 0.5) is 39.5 Å². The molecule has 3 aliphatic rings. The number of methoxy groups -OCH3 is 3. The lowest BCUT2D eigenvalue weighted by molar-refractivity contribution is -0.275. The van der Waals surface area contributed by atoms with Gasteiger partial charge in [0.1, 0.15) is 36.9 Å². The zero-order valence-electron chi connectivity index (χ0n) is 52.6. The third kappa shape index (κ3) is 20.3. The van der Waals surface area contributed by atoms with Crippen LogP contribution in [0.5, 0.6) is 17.2 Å². The highest BCUT2D eigenvalue weighted by atomic mass is 35.5. The average Bonchev–Trinajstić information content (AvgIpc) is 1.63. The number of likely N-dealkylation sites (tertiary alicyclic amines) is 2. The van der Waals surface area contributed by atoms with Gasteiger partial charge >= 0.3 is 42.3 Å². The number of ether oxygens (including phenoxy) is 6. The number of carbonyl (C=O) groups is 3. The van der Waals surface area contributed by atoms with Crippen LogP contribution in [0.25, 0.3) is 66.7 Å². The number of nitrogens with zero attached hydrogens (tertiary/aromatic N) is 5. The Morgan fingerprint density at radius 3 is 1.05 bits per heavy atom. The van der Waals surface area contributed by atoms with Crippen molar-refractivity contribution < 1.29 is 101 Å². The summed E-state index contributed by atoms with van der Waals surface area (Å²) in [5.74, 6) is -3.36. The number of hydrogen-bond acceptors (Lipinski definition) is 16. The van der Waals surface area contributed by atoms with E-state index in [1.54, 1.807) is 73.6 Å². The number of nitrogens with one attached hydrogen (secondary N) is 1. The molecule has 0 spiro atoms. The first kappa shape index (κ1) is 74.2. The van der Waals surface area contributed by atoms with Crippen molar-refractivity contribution in [2.75, 3.05) is 80.4 Å². The van der Waals surface area contributed by atoms with Gasteiger partial charge in [0.15, 0.2) is 16.7 Å². The number of oxazole rings is 3. The van der Waals surface area contributed by atoms with Gasteiger partial charge in [0.05, 0.1) is 36.4 Å². The van der Waals surface area contributed by atoms with E-state index < -0.39 is 48.9 Å². The van der Waals surface area contributed by atoms with Gasteiger partial charge in [-0.2, -0.15) is 0 Å². The SMILES string of the molecule is COCC1CCNC1.COC[C@@H]1CCN(C(=O)Cn2c(=O)oc3ccc(-c4ccc(OC(F)(F)F)cc4)cc32)C1.COC[C@H]1CCN(C(=O)Cn2c(=O)oc3ccc(-c4ccc(OC(F)(F)F)cc4)cc32)C1.Cl.O=C(O)Cn1c(=O)oc2ccc(-c3ccc(OC(F)(F)F)cc3)cc21. The standard InChI is InChI=1S/2C22H21F3N2O5.C16H10F3NO5.C6H13NO.ClH/c2*1-30-13-14-8-9-26(11-14)20(28)12-27-18-10-16(4-7-19(18)31-21(27)29)15-2-5-17(6-3-15)32-22(23,24)25;17-16(18,19)25-11-4-1-9(2-5-11)10-3-6-13-12(7-10)20(8-14(21)22)15(23)24-13;1-8-5-6-2-3-7-4-6;/h2*2-7,10,14H,8-9,11-13H2,1H3;1-7H,8H2,(H,21,22);6-7H,2-5H2,1H3;1H/t2*14-;;;/m10.../s1. The zero-order chi connectivity index (χ0) is 69.8. The fraction of sp³-hybridized carbons (Fsp3) is 0.364. The molecule has 0 aliphatic carbocycles. The van der Waals surface area contributed by atoms with E-state index in [2.05, 4.69) is 19.5 Å². The van der Waals surface area contributed by atoms with Gasteiger partial charge in [-0.05, 0) is 138 Å². The van der Waals surface area contributed by atoms with Gasteiger partial charge in [-0.25, -0.2) is 14.4 Å². The number of benzene rings is 6. The molecule has 3 atom stereocenters. The van der Waals surface area contributed by atoms with Crippen molar-refractivity contribution in [3.05, 3.63) is 159 Å². The lowest BCUT2D eigenvalue weighted by Crippen LogP contribution is -2.34. The maximum atomic E-state index is 12.7. The fourth-order valence-electron chi connectivity index (χ4n) is 11.3. The molecule has 0 bridgehead atoms. The maximum absolute atomic E-state index is 12.7. The van der Waals surface area contributed by atoms with Crippen LogP contribution >= 0.6 is 12.4 Å². The average molecular weight is 1410 g/mol. The Kier molecular flexibility index (Phi) is 24.7. The second-order valence-electron chi connectivity index (χ2n) is 22.7. The van der Waals surface area contributed by atoms with Gasteiger partial charge in [0.2, 0.25) is 11.8 Å². The summed E-state index contributed by atoms with van der Waals surface area (Å²) in [4.78, 5) is 76.2. The van der Waals surface area contributed by atoms with E-state index in [4.69, 9.17) is 32.6 Å². The van der Waals surface area contributed by atoms with Crippen LogP contribution in [-0.4, -0.2) is 146 Å². The molecular formula is C66H66ClF9N6O16. The number of carbonyl (C=O) groups excluding carboxylic acids is 2. The number of aromatic nitrogens is 3. The summed E-state index contributed by atoms with van der Waals surface area (Å²) in [7, 11) is 5.00. The Balaban J connectivity index is 0.000000177. The Bertz CT molecular complexity index is 4160. The van der Waals surface area contributed by atoms with Crippen LogP contribution in [0.2, 0.25) is 0 Å². The highest BCUT2D eigenvalue weighted by Gasteiger charge is 2.34. The van der Waals surface area contributed by atoms with Crippen LogP contribution in [0.3, 0.4) is 0 Å². The Morgan fingerprint density at radius 1 is 0.459 bits per heavy atom. The van der Waals surface area contributed by atoms with Gasteiger partial charge in [0.25, 0.3) is 0 Å². The molecular weight excluding hydrogens is 1340 g/mol. The van der Waals surface area contributed by atoms with E-state index in [9.17, 15) is 68.3 Å². The van der Waals surface area contributed by atoms with Gasteiger partial charge in [0, 0.05) is 65.9 Å². The van der Waals surface area contributed by atoms with Crippen LogP contribution in [0, 0.1) is 17.8 Å². The predicted octanol–water partition coefficient (Wildman–Crippen LogP) is 11.2. The molecule has 6 aromatic carbocycles. The van der Waals surface area contributed by atoms with E-state index in [1.165, 1.54) is 94.9 Å². The molecule has 526 valence electrons. The summed E-state index contributed by atoms with van der Waals surface area (Å²) >= 11 is 0. The van der Waals surface area contributed by atoms with E-state index in [0.717, 1.165) is 48.6 Å². The second kappa shape index (κ2) is 32.7. The number of amides is 2. The zero-order valence-corrected chi connectivity index (χ0v) is 53.4. The number of alkyl halides is 9. The Hall–Kier alpha value is -9.56. The van der Waals surface area contributed by atoms with Gasteiger partial charge < -0.3 is 61.9 Å². The smallest absolute Gasteiger partial charge is 0.480 e. The summed E-state index contributed by atoms with van der Waals surface area (Å²) in [5.41, 5.74) is 5.69. The minimum Gasteiger partial charge on any atom is -0.480 e. The molecule has 22 nitrogen and oxygen atoms in total. The summed E-state index contributed by atoms with van der Waals surface area (Å²) in [6.07, 6.45) is -11.3. The largest absolute Gasteiger partial charge is 0.573 e. The second-order valence-corrected chi connectivity index (χ2v) is 22.7. The number of carboxylic acids is 1. The summed E-state index contributed by atoms with van der Waals surface area (Å²) in [6, 6.07) is 30.5. The van der Waals surface area contributed by atoms with E-state index >= 15 is 0 Å². The topological polar surface area (TPSA) is 251 Å². The summed E-state index contributed by atoms with van der Waals surface area (Å²) in [6.45, 7) is 5.89. The van der Waals surface area contributed by atoms with Crippen LogP contribution in [-0.2, 0) is 48.2 Å². The van der Waals surface area contributed by atoms with E-state index in [1.807, 2.05) is 0 Å². The summed E-state index contributed by atoms with van der Waals surface area (Å²) in [5, 5.41) is 12.1. The van der Waals surface area contributed by atoms with Crippen LogP contribution in [0.1, 0.15) is 19.3 Å². The lowest BCUT2D eigenvalue weighted by atomic mass is 10.1. The molecule has 3 saturated heterocycles. The molecule has 3 aromatic heterocycles. The molecule has 0 saturated carbocycles. The van der Waals surface area contributed by atoms with Gasteiger partial charge in [-0.1, -0.05) is 54.6 Å². The molecule has 9 aromatic rings. The highest BCUT2D eigenvalue weighted by Crippen LogP contribution is 2.33. The normalized spacial score (nSPS) is 16.2. The number of rotatable bonds is 18. The molecule has 1 unspecified atom stereocenters. The van der Waals surface area contributed by atoms with Crippen LogP contribution in [0.15, 0.2) is 155 Å². The molecule has 6 heterocycles. The Morgan fingerprint density at radius 2 is 0.765 bits per heavy atom. The van der Waals surface area contributed by atoms with Gasteiger partial charge in [-0.15, -0.1) is 51.9 Å². The number of carboxylic acid groups (broad SMARTS) is 1. The minimum absolute atomic E-state index is 0. The molecule has 12 rings (SSSR count). The lowest BCUT2D eigenvalue weighted by Gasteiger charge is -2.16. The third-order valence-electron chi connectivity index (χ3n) is 15.8. The van der Waals surface area contributed by atoms with Crippen molar-refractivity contribution in [2.24, 2.45) is 17.8 Å². The monoisotopic (exact) mass is 1400 g/mol. The molecule has 3 aliphatic heterocycles. The first-order valence-corrected chi connectivity index (χ1v) is 30.1.